The predicted molar refractivity (Wildman–Crippen MR) is 77.6 cm³/mol. The Bertz CT molecular complexity index is 525. The van der Waals surface area contributed by atoms with Gasteiger partial charge in [0.1, 0.15) is 11.9 Å². The summed E-state index contributed by atoms with van der Waals surface area (Å²) in [6.07, 6.45) is 0. The maximum atomic E-state index is 13.1. The highest BCUT2D eigenvalue weighted by Crippen LogP contribution is 2.18. The highest BCUT2D eigenvalue weighted by atomic mass is 35.5. The van der Waals surface area contributed by atoms with Crippen LogP contribution in [-0.2, 0) is 16.1 Å². The Kier molecular flexibility index (Phi) is 6.58. The van der Waals surface area contributed by atoms with Crippen LogP contribution in [0.5, 0.6) is 0 Å². The number of hydrogen-bond acceptors (Lipinski definition) is 3. The number of carbonyl (C=O) groups is 2. The largest absolute Gasteiger partial charge is 0.480 e. The van der Waals surface area contributed by atoms with Crippen molar-refractivity contribution in [2.24, 2.45) is 0 Å². The van der Waals surface area contributed by atoms with Gasteiger partial charge in [-0.2, -0.15) is 0 Å². The second-order valence-corrected chi connectivity index (χ2v) is 5.12. The van der Waals surface area contributed by atoms with Crippen molar-refractivity contribution >= 4 is 23.5 Å². The van der Waals surface area contributed by atoms with E-state index in [9.17, 15) is 14.0 Å². The van der Waals surface area contributed by atoms with Gasteiger partial charge in [0.05, 0.1) is 5.02 Å². The van der Waals surface area contributed by atoms with Crippen LogP contribution in [0, 0.1) is 5.82 Å². The lowest BCUT2D eigenvalue weighted by molar-refractivity contribution is -0.142. The second-order valence-electron chi connectivity index (χ2n) is 4.72. The smallest absolute Gasteiger partial charge is 0.320 e. The molecule has 0 saturated carbocycles. The van der Waals surface area contributed by atoms with Crippen LogP contribution in [0.3, 0.4) is 0 Å². The summed E-state index contributed by atoms with van der Waals surface area (Å²) >= 11 is 5.72. The van der Waals surface area contributed by atoms with E-state index in [1.54, 1.807) is 17.9 Å². The molecule has 0 aliphatic rings. The predicted octanol–water partition coefficient (Wildman–Crippen LogP) is 1.89. The molecule has 5 nitrogen and oxygen atoms in total. The van der Waals surface area contributed by atoms with Crippen molar-refractivity contribution in [3.05, 3.63) is 34.6 Å². The van der Waals surface area contributed by atoms with Gasteiger partial charge >= 0.3 is 5.97 Å². The number of nitrogens with one attached hydrogen (secondary N) is 1. The van der Waals surface area contributed by atoms with Gasteiger partial charge < -0.3 is 10.4 Å². The highest BCUT2D eigenvalue weighted by molar-refractivity contribution is 6.30. The minimum Gasteiger partial charge on any atom is -0.480 e. The fourth-order valence-corrected chi connectivity index (χ4v) is 2.02. The van der Waals surface area contributed by atoms with E-state index in [0.29, 0.717) is 25.2 Å². The number of nitrogens with zero attached hydrogens (tertiary/aromatic N) is 1. The van der Waals surface area contributed by atoms with Gasteiger partial charge in [-0.05, 0) is 24.6 Å². The summed E-state index contributed by atoms with van der Waals surface area (Å²) in [5, 5.41) is 11.7. The monoisotopic (exact) mass is 316 g/mol. The molecule has 0 bridgehead atoms. The molecule has 0 aromatic heterocycles. The minimum absolute atomic E-state index is 0.00251. The lowest BCUT2D eigenvalue weighted by Crippen LogP contribution is -2.42. The molecule has 116 valence electrons. The summed E-state index contributed by atoms with van der Waals surface area (Å²) in [7, 11) is 0. The molecule has 0 radical (unpaired) electrons. The van der Waals surface area contributed by atoms with Crippen molar-refractivity contribution in [1.82, 2.24) is 10.2 Å². The van der Waals surface area contributed by atoms with Crippen LogP contribution in [0.1, 0.15) is 19.4 Å². The van der Waals surface area contributed by atoms with E-state index in [1.165, 1.54) is 19.1 Å². The summed E-state index contributed by atoms with van der Waals surface area (Å²) in [5.74, 6) is -1.66. The number of amides is 1. The van der Waals surface area contributed by atoms with Crippen LogP contribution in [-0.4, -0.2) is 41.0 Å². The highest BCUT2D eigenvalue weighted by Gasteiger charge is 2.20. The van der Waals surface area contributed by atoms with Crippen molar-refractivity contribution in [2.45, 2.75) is 26.4 Å². The van der Waals surface area contributed by atoms with Crippen LogP contribution in [0.15, 0.2) is 18.2 Å². The molecule has 1 atom stereocenters. The van der Waals surface area contributed by atoms with E-state index >= 15 is 0 Å². The molecule has 1 amide bonds. The van der Waals surface area contributed by atoms with Crippen LogP contribution < -0.4 is 5.32 Å². The molecular weight excluding hydrogens is 299 g/mol. The lowest BCUT2D eigenvalue weighted by Gasteiger charge is -2.26. The first kappa shape index (κ1) is 17.4. The number of rotatable bonds is 7. The third-order valence-corrected chi connectivity index (χ3v) is 3.34. The van der Waals surface area contributed by atoms with Gasteiger partial charge in [0, 0.05) is 26.6 Å². The molecule has 21 heavy (non-hydrogen) atoms. The fraction of sp³-hybridized carbons (Fsp3) is 0.429. The zero-order chi connectivity index (χ0) is 16.0. The molecule has 1 aromatic rings. The molecule has 0 aliphatic carbocycles. The van der Waals surface area contributed by atoms with E-state index in [4.69, 9.17) is 16.7 Å². The van der Waals surface area contributed by atoms with Gasteiger partial charge in [-0.25, -0.2) is 4.39 Å². The van der Waals surface area contributed by atoms with E-state index in [-0.39, 0.29) is 10.9 Å². The summed E-state index contributed by atoms with van der Waals surface area (Å²) in [5.41, 5.74) is 0.706. The Balaban J connectivity index is 2.77. The van der Waals surface area contributed by atoms with Crippen molar-refractivity contribution in [1.29, 1.82) is 0 Å². The van der Waals surface area contributed by atoms with E-state index in [1.807, 2.05) is 0 Å². The van der Waals surface area contributed by atoms with Crippen molar-refractivity contribution in [3.8, 4) is 0 Å². The van der Waals surface area contributed by atoms with E-state index < -0.39 is 17.8 Å². The standard InChI is InChI=1S/C14H18ClFN2O3/c1-9(14(20)21)18(6-5-17-10(2)19)8-11-3-4-13(16)12(15)7-11/h3-4,7,9H,5-6,8H2,1-2H3,(H,17,19)(H,20,21). The van der Waals surface area contributed by atoms with Crippen molar-refractivity contribution in [3.63, 3.8) is 0 Å². The number of carboxylic acids is 1. The first-order valence-electron chi connectivity index (χ1n) is 6.46. The SMILES string of the molecule is CC(=O)NCCN(Cc1ccc(F)c(Cl)c1)C(C)C(=O)O. The Labute approximate surface area is 127 Å². The quantitative estimate of drug-likeness (QED) is 0.806. The van der Waals surface area contributed by atoms with Gasteiger partial charge in [0.25, 0.3) is 0 Å². The number of benzene rings is 1. The van der Waals surface area contributed by atoms with Crippen LogP contribution in [0.4, 0.5) is 4.39 Å². The molecule has 7 heteroatoms. The van der Waals surface area contributed by atoms with Gasteiger partial charge in [0.2, 0.25) is 5.91 Å². The summed E-state index contributed by atoms with van der Waals surface area (Å²) in [6.45, 7) is 3.95. The molecule has 0 spiro atoms. The normalized spacial score (nSPS) is 12.2. The number of carbonyl (C=O) groups excluding carboxylic acids is 1. The van der Waals surface area contributed by atoms with Crippen LogP contribution in [0.25, 0.3) is 0 Å². The van der Waals surface area contributed by atoms with Gasteiger partial charge in [-0.3, -0.25) is 14.5 Å². The molecule has 0 fully saturated rings. The molecule has 1 rings (SSSR count). The summed E-state index contributed by atoms with van der Waals surface area (Å²) in [4.78, 5) is 23.7. The topological polar surface area (TPSA) is 69.6 Å². The Morgan fingerprint density at radius 1 is 1.48 bits per heavy atom. The molecule has 1 unspecified atom stereocenters. The minimum atomic E-state index is -0.967. The zero-order valence-electron chi connectivity index (χ0n) is 11.9. The van der Waals surface area contributed by atoms with Gasteiger partial charge in [0.15, 0.2) is 0 Å². The number of aliphatic carboxylic acids is 1. The molecule has 0 aliphatic heterocycles. The van der Waals surface area contributed by atoms with Crippen molar-refractivity contribution < 1.29 is 19.1 Å². The van der Waals surface area contributed by atoms with Gasteiger partial charge in [-0.1, -0.05) is 17.7 Å². The van der Waals surface area contributed by atoms with Gasteiger partial charge in [-0.15, -0.1) is 0 Å². The number of halogens is 2. The lowest BCUT2D eigenvalue weighted by atomic mass is 10.1. The van der Waals surface area contributed by atoms with E-state index in [0.717, 1.165) is 0 Å². The molecular formula is C14H18ClFN2O3. The molecule has 1 aromatic carbocycles. The molecule has 0 heterocycles. The second kappa shape index (κ2) is 7.95. The average Bonchev–Trinajstić information content (AvgIpc) is 2.40. The summed E-state index contributed by atoms with van der Waals surface area (Å²) < 4.78 is 13.1. The first-order valence-corrected chi connectivity index (χ1v) is 6.84. The summed E-state index contributed by atoms with van der Waals surface area (Å²) in [6, 6.07) is 3.54. The third kappa shape index (κ3) is 5.69. The Morgan fingerprint density at radius 3 is 2.67 bits per heavy atom. The first-order chi connectivity index (χ1) is 9.81. The van der Waals surface area contributed by atoms with Crippen LogP contribution in [0.2, 0.25) is 5.02 Å². The van der Waals surface area contributed by atoms with Crippen molar-refractivity contribution in [2.75, 3.05) is 13.1 Å². The zero-order valence-corrected chi connectivity index (χ0v) is 12.7. The van der Waals surface area contributed by atoms with E-state index in [2.05, 4.69) is 5.32 Å². The molecule has 0 saturated heterocycles. The third-order valence-electron chi connectivity index (χ3n) is 3.05. The maximum Gasteiger partial charge on any atom is 0.320 e. The fourth-order valence-electron chi connectivity index (χ4n) is 1.81. The van der Waals surface area contributed by atoms with Crippen LogP contribution >= 0.6 is 11.6 Å². The number of hydrogen-bond donors (Lipinski definition) is 2. The maximum absolute atomic E-state index is 13.1. The Morgan fingerprint density at radius 2 is 2.14 bits per heavy atom. The Hall–Kier alpha value is -1.66. The molecule has 2 N–H and O–H groups in total. The number of carboxylic acid groups (broad SMARTS) is 1. The average molecular weight is 317 g/mol.